The summed E-state index contributed by atoms with van der Waals surface area (Å²) < 4.78 is 15.8. The number of alkyl carbamates (subject to hydrolysis) is 1. The molecule has 4 aromatic rings. The van der Waals surface area contributed by atoms with Crippen LogP contribution in [0.2, 0.25) is 0 Å². The Labute approximate surface area is 282 Å². The normalized spacial score (nSPS) is 14.0. The Hall–Kier alpha value is -3.71. The topological polar surface area (TPSA) is 94.1 Å². The van der Waals surface area contributed by atoms with E-state index in [1.165, 1.54) is 23.4 Å². The maximum atomic E-state index is 12.4. The highest BCUT2D eigenvalue weighted by Gasteiger charge is 2.32. The Morgan fingerprint density at radius 3 is 1.85 bits per heavy atom. The molecule has 1 aliphatic carbocycles. The van der Waals surface area contributed by atoms with Crippen molar-refractivity contribution in [2.24, 2.45) is 0 Å². The molecular formula is C37H41BrNO6P. The maximum Gasteiger partial charge on any atom is 0.407 e. The van der Waals surface area contributed by atoms with Gasteiger partial charge in [0.25, 0.3) is 0 Å². The molecule has 5 rings (SSSR count). The van der Waals surface area contributed by atoms with Crippen LogP contribution < -0.4 is 15.4 Å². The van der Waals surface area contributed by atoms with Crippen LogP contribution in [0.15, 0.2) is 97.1 Å². The van der Waals surface area contributed by atoms with Crippen molar-refractivity contribution in [3.8, 4) is 16.9 Å². The van der Waals surface area contributed by atoms with Crippen molar-refractivity contribution in [1.82, 2.24) is 5.32 Å². The Kier molecular flexibility index (Phi) is 12.0. The van der Waals surface area contributed by atoms with Crippen LogP contribution in [0.3, 0.4) is 0 Å². The Morgan fingerprint density at radius 2 is 1.37 bits per heavy atom. The summed E-state index contributed by atoms with van der Waals surface area (Å²) in [6.07, 6.45) is -1.89. The lowest BCUT2D eigenvalue weighted by molar-refractivity contribution is -0.160. The predicted octanol–water partition coefficient (Wildman–Crippen LogP) is 7.30. The molecule has 2 N–H and O–H groups in total. The second-order valence-corrected chi connectivity index (χ2v) is 13.6. The molecule has 0 aromatic heterocycles. The van der Waals surface area contributed by atoms with Crippen molar-refractivity contribution < 1.29 is 28.9 Å². The molecule has 46 heavy (non-hydrogen) atoms. The van der Waals surface area contributed by atoms with E-state index in [2.05, 4.69) is 79.0 Å². The van der Waals surface area contributed by atoms with Gasteiger partial charge in [0.1, 0.15) is 18.0 Å². The van der Waals surface area contributed by atoms with E-state index in [1.807, 2.05) is 48.5 Å². The molecule has 1 amide bonds. The molecule has 0 bridgehead atoms. The summed E-state index contributed by atoms with van der Waals surface area (Å²) in [6.45, 7) is 6.70. The molecule has 4 aromatic carbocycles. The third-order valence-corrected chi connectivity index (χ3v) is 8.84. The number of carbonyl (C=O) groups is 2. The minimum atomic E-state index is -1.20. The number of halogens is 1. The van der Waals surface area contributed by atoms with Crippen molar-refractivity contribution in [2.75, 3.05) is 13.7 Å². The van der Waals surface area contributed by atoms with Gasteiger partial charge in [-0.1, -0.05) is 101 Å². The Bertz CT molecular complexity index is 1570. The predicted molar refractivity (Wildman–Crippen MR) is 189 cm³/mol. The van der Waals surface area contributed by atoms with Crippen molar-refractivity contribution in [1.29, 1.82) is 0 Å². The van der Waals surface area contributed by atoms with Crippen molar-refractivity contribution in [2.45, 2.75) is 56.2 Å². The summed E-state index contributed by atoms with van der Waals surface area (Å²) in [5.41, 5.74) is 6.21. The van der Waals surface area contributed by atoms with E-state index < -0.39 is 29.8 Å². The molecule has 1 aliphatic rings. The molecule has 0 spiro atoms. The number of fused-ring (bicyclic) bond motifs is 3. The third-order valence-electron chi connectivity index (χ3n) is 7.40. The van der Waals surface area contributed by atoms with Crippen LogP contribution in [-0.2, 0) is 14.3 Å². The Balaban J connectivity index is 0.000000240. The number of amides is 1. The summed E-state index contributed by atoms with van der Waals surface area (Å²) in [5, 5.41) is 13.5. The zero-order valence-corrected chi connectivity index (χ0v) is 29.4. The zero-order chi connectivity index (χ0) is 33.4. The number of aliphatic hydroxyl groups excluding tert-OH is 1. The van der Waals surface area contributed by atoms with E-state index in [0.29, 0.717) is 0 Å². The molecule has 4 atom stereocenters. The largest absolute Gasteiger partial charge is 0.497 e. The Morgan fingerprint density at radius 1 is 0.870 bits per heavy atom. The molecule has 7 nitrogen and oxygen atoms in total. The second-order valence-electron chi connectivity index (χ2n) is 12.0. The first kappa shape index (κ1) is 35.1. The quantitative estimate of drug-likeness (QED) is 0.114. The van der Waals surface area contributed by atoms with Crippen molar-refractivity contribution in [3.63, 3.8) is 0 Å². The van der Waals surface area contributed by atoms with Crippen LogP contribution in [-0.4, -0.2) is 48.6 Å². The van der Waals surface area contributed by atoms with E-state index in [4.69, 9.17) is 14.2 Å². The fraction of sp³-hybridized carbons (Fsp3) is 0.297. The molecule has 2 unspecified atom stereocenters. The standard InChI is InChI=1S/C23H27NO5.C14H14BrOP/c1-14(25)20(21(26)29-23(2,3)4)24-22(27)28-13-19-17-11-7-5-9-15(17)16-10-6-8-12-18(16)19;1-16-12-6-2-10(3-7-12)14(15)11-4-8-13(17)9-5-11/h5-12,14,19-20,25H,13H2,1-4H3,(H,24,27);2-9,14H,17H2,1H3/t14-,20+;/m1./s1. The van der Waals surface area contributed by atoms with Gasteiger partial charge in [0.05, 0.1) is 18.0 Å². The van der Waals surface area contributed by atoms with Crippen molar-refractivity contribution >= 4 is 42.5 Å². The molecule has 0 saturated carbocycles. The van der Waals surface area contributed by atoms with E-state index >= 15 is 0 Å². The summed E-state index contributed by atoms with van der Waals surface area (Å²) in [5.74, 6) is 0.0921. The van der Waals surface area contributed by atoms with Crippen LogP contribution in [0, 0.1) is 0 Å². The monoisotopic (exact) mass is 705 g/mol. The number of nitrogens with one attached hydrogen (secondary N) is 1. The number of methoxy groups -OCH3 is 1. The van der Waals surface area contributed by atoms with Crippen LogP contribution in [0.5, 0.6) is 5.75 Å². The van der Waals surface area contributed by atoms with E-state index in [0.717, 1.165) is 28.0 Å². The first-order chi connectivity index (χ1) is 21.9. The van der Waals surface area contributed by atoms with Gasteiger partial charge in [-0.05, 0) is 78.5 Å². The fourth-order valence-electron chi connectivity index (χ4n) is 5.14. The minimum absolute atomic E-state index is 0.0836. The van der Waals surface area contributed by atoms with Crippen LogP contribution >= 0.6 is 25.2 Å². The first-order valence-electron chi connectivity index (χ1n) is 15.0. The molecule has 0 aliphatic heterocycles. The number of benzene rings is 4. The second kappa shape index (κ2) is 15.7. The lowest BCUT2D eigenvalue weighted by Gasteiger charge is -2.26. The number of alkyl halides is 1. The molecule has 0 radical (unpaired) electrons. The number of rotatable bonds is 8. The molecule has 0 saturated heterocycles. The lowest BCUT2D eigenvalue weighted by Crippen LogP contribution is -2.50. The molecular weight excluding hydrogens is 665 g/mol. The minimum Gasteiger partial charge on any atom is -0.497 e. The highest BCUT2D eigenvalue weighted by atomic mass is 79.9. The number of carbonyl (C=O) groups excluding carboxylic acids is 2. The van der Waals surface area contributed by atoms with Gasteiger partial charge >= 0.3 is 12.1 Å². The number of esters is 1. The van der Waals surface area contributed by atoms with Gasteiger partial charge in [-0.25, -0.2) is 9.59 Å². The summed E-state index contributed by atoms with van der Waals surface area (Å²) in [4.78, 5) is 24.8. The SMILES string of the molecule is COc1ccc(C(Br)c2ccc(P)cc2)cc1.C[C@@H](O)[C@H](NC(=O)OCC1c2ccccc2-c2ccccc21)C(=O)OC(C)(C)C. The number of hydrogen-bond acceptors (Lipinski definition) is 6. The average molecular weight is 707 g/mol. The van der Waals surface area contributed by atoms with Gasteiger partial charge in [-0.3, -0.25) is 0 Å². The molecule has 0 fully saturated rings. The molecule has 0 heterocycles. The maximum absolute atomic E-state index is 12.4. The van der Waals surface area contributed by atoms with E-state index in [1.54, 1.807) is 27.9 Å². The van der Waals surface area contributed by atoms with Crippen LogP contribution in [0.4, 0.5) is 4.79 Å². The van der Waals surface area contributed by atoms with Gasteiger partial charge in [0.15, 0.2) is 6.04 Å². The van der Waals surface area contributed by atoms with Gasteiger partial charge in [-0.15, -0.1) is 9.24 Å². The van der Waals surface area contributed by atoms with Crippen LogP contribution in [0.1, 0.15) is 60.7 Å². The third kappa shape index (κ3) is 9.18. The average Bonchev–Trinajstić information content (AvgIpc) is 3.35. The first-order valence-corrected chi connectivity index (χ1v) is 16.5. The molecule has 242 valence electrons. The van der Waals surface area contributed by atoms with Gasteiger partial charge in [0, 0.05) is 5.92 Å². The number of hydrogen-bond donors (Lipinski definition) is 2. The fourth-order valence-corrected chi connectivity index (χ4v) is 5.94. The highest BCUT2D eigenvalue weighted by molar-refractivity contribution is 9.09. The highest BCUT2D eigenvalue weighted by Crippen LogP contribution is 2.44. The smallest absolute Gasteiger partial charge is 0.407 e. The number of ether oxygens (including phenoxy) is 3. The number of aliphatic hydroxyl groups is 1. The van der Waals surface area contributed by atoms with Gasteiger partial charge in [-0.2, -0.15) is 0 Å². The lowest BCUT2D eigenvalue weighted by atomic mass is 9.98. The van der Waals surface area contributed by atoms with Crippen LogP contribution in [0.25, 0.3) is 11.1 Å². The van der Waals surface area contributed by atoms with E-state index in [-0.39, 0.29) is 17.4 Å². The zero-order valence-electron chi connectivity index (χ0n) is 26.7. The summed E-state index contributed by atoms with van der Waals surface area (Å²) >= 11 is 3.72. The summed E-state index contributed by atoms with van der Waals surface area (Å²) in [7, 11) is 4.37. The summed E-state index contributed by atoms with van der Waals surface area (Å²) in [6, 6.07) is 31.4. The van der Waals surface area contributed by atoms with Gasteiger partial charge in [0.2, 0.25) is 0 Å². The van der Waals surface area contributed by atoms with E-state index in [9.17, 15) is 14.7 Å². The molecule has 9 heteroatoms. The van der Waals surface area contributed by atoms with Crippen molar-refractivity contribution in [3.05, 3.63) is 119 Å². The van der Waals surface area contributed by atoms with Gasteiger partial charge < -0.3 is 24.6 Å².